The Hall–Kier alpha value is -6.05. The maximum Gasteiger partial charge on any atom is 0.137 e. The Morgan fingerprint density at radius 2 is 1.30 bits per heavy atom. The fourth-order valence-corrected chi connectivity index (χ4v) is 6.69. The fourth-order valence-electron chi connectivity index (χ4n) is 6.69. The van der Waals surface area contributed by atoms with Crippen LogP contribution in [0.25, 0.3) is 60.2 Å². The third-order valence-electron chi connectivity index (χ3n) is 8.57. The minimum atomic E-state index is 0.628. The summed E-state index contributed by atoms with van der Waals surface area (Å²) in [6.07, 6.45) is 0. The molecule has 9 rings (SSSR count). The lowest BCUT2D eigenvalue weighted by Gasteiger charge is -2.27. The van der Waals surface area contributed by atoms with Crippen molar-refractivity contribution in [2.45, 2.75) is 0 Å². The van der Waals surface area contributed by atoms with Gasteiger partial charge in [0.25, 0.3) is 0 Å². The van der Waals surface area contributed by atoms with Gasteiger partial charge in [-0.15, -0.1) is 0 Å². The van der Waals surface area contributed by atoms with Gasteiger partial charge in [-0.3, -0.25) is 0 Å². The zero-order valence-corrected chi connectivity index (χ0v) is 23.0. The zero-order valence-electron chi connectivity index (χ0n) is 23.0. The van der Waals surface area contributed by atoms with Crippen LogP contribution >= 0.6 is 0 Å². The first kappa shape index (κ1) is 23.6. The van der Waals surface area contributed by atoms with Gasteiger partial charge in [-0.25, -0.2) is 0 Å². The highest BCUT2D eigenvalue weighted by molar-refractivity contribution is 6.27. The molecule has 0 aliphatic heterocycles. The number of benzene rings is 7. The standard InChI is InChI=1S/C39H23N3O/c40-24-25-13-16-28(17-14-25)41(29-18-20-31-30-10-4-5-12-36(30)43-37(31)23-29)33-21-22-35-39-32(33)19-15-26-7-6-11-34(38(26)39)42(35)27-8-2-1-3-9-27/h1-23H. The van der Waals surface area contributed by atoms with Crippen LogP contribution in [0.4, 0.5) is 17.1 Å². The van der Waals surface area contributed by atoms with Crippen molar-refractivity contribution in [3.8, 4) is 11.8 Å². The molecule has 0 spiro atoms. The maximum absolute atomic E-state index is 9.51. The van der Waals surface area contributed by atoms with Crippen LogP contribution in [0.15, 0.2) is 144 Å². The van der Waals surface area contributed by atoms with Crippen LogP contribution in [0.2, 0.25) is 0 Å². The quantitative estimate of drug-likeness (QED) is 0.205. The Morgan fingerprint density at radius 3 is 2.16 bits per heavy atom. The molecule has 0 atom stereocenters. The van der Waals surface area contributed by atoms with Gasteiger partial charge in [-0.1, -0.05) is 60.7 Å². The lowest BCUT2D eigenvalue weighted by molar-refractivity contribution is 0.669. The molecule has 2 aromatic heterocycles. The van der Waals surface area contributed by atoms with Gasteiger partial charge >= 0.3 is 0 Å². The van der Waals surface area contributed by atoms with Crippen molar-refractivity contribution in [2.24, 2.45) is 0 Å². The zero-order chi connectivity index (χ0) is 28.5. The van der Waals surface area contributed by atoms with E-state index in [1.165, 1.54) is 27.2 Å². The van der Waals surface area contributed by atoms with Crippen LogP contribution in [-0.4, -0.2) is 4.57 Å². The monoisotopic (exact) mass is 549 g/mol. The van der Waals surface area contributed by atoms with Gasteiger partial charge in [-0.2, -0.15) is 5.26 Å². The summed E-state index contributed by atoms with van der Waals surface area (Å²) in [6, 6.07) is 50.6. The molecule has 4 heteroatoms. The number of furan rings is 1. The lowest BCUT2D eigenvalue weighted by Crippen LogP contribution is -2.10. The van der Waals surface area contributed by atoms with Gasteiger partial charge in [0.1, 0.15) is 11.2 Å². The average molecular weight is 550 g/mol. The minimum absolute atomic E-state index is 0.628. The molecule has 0 aliphatic carbocycles. The molecule has 0 amide bonds. The second kappa shape index (κ2) is 8.97. The fraction of sp³-hybridized carbons (Fsp3) is 0. The van der Waals surface area contributed by atoms with Crippen LogP contribution in [0.5, 0.6) is 0 Å². The Balaban J connectivity index is 1.35. The number of aromatic nitrogens is 1. The van der Waals surface area contributed by atoms with Crippen LogP contribution in [0.3, 0.4) is 0 Å². The van der Waals surface area contributed by atoms with Crippen molar-refractivity contribution < 1.29 is 4.42 Å². The molecule has 200 valence electrons. The minimum Gasteiger partial charge on any atom is -0.456 e. The molecular formula is C39H23N3O. The van der Waals surface area contributed by atoms with Gasteiger partial charge < -0.3 is 13.9 Å². The topological polar surface area (TPSA) is 45.1 Å². The molecular weight excluding hydrogens is 526 g/mol. The summed E-state index contributed by atoms with van der Waals surface area (Å²) in [6.45, 7) is 0. The highest BCUT2D eigenvalue weighted by Crippen LogP contribution is 2.46. The molecule has 0 aliphatic rings. The van der Waals surface area contributed by atoms with E-state index in [2.05, 4.69) is 113 Å². The second-order valence-corrected chi connectivity index (χ2v) is 10.9. The number of anilines is 3. The molecule has 7 aromatic carbocycles. The molecule has 2 heterocycles. The second-order valence-electron chi connectivity index (χ2n) is 10.9. The van der Waals surface area contributed by atoms with Crippen molar-refractivity contribution in [1.29, 1.82) is 5.26 Å². The molecule has 4 nitrogen and oxygen atoms in total. The van der Waals surface area contributed by atoms with Crippen molar-refractivity contribution in [3.63, 3.8) is 0 Å². The largest absolute Gasteiger partial charge is 0.456 e. The molecule has 0 unspecified atom stereocenters. The average Bonchev–Trinajstić information content (AvgIpc) is 3.61. The van der Waals surface area contributed by atoms with E-state index >= 15 is 0 Å². The molecule has 0 N–H and O–H groups in total. The predicted octanol–water partition coefficient (Wildman–Crippen LogP) is 10.6. The summed E-state index contributed by atoms with van der Waals surface area (Å²) in [4.78, 5) is 2.27. The van der Waals surface area contributed by atoms with E-state index in [-0.39, 0.29) is 0 Å². The van der Waals surface area contributed by atoms with E-state index in [1.807, 2.05) is 42.5 Å². The molecule has 43 heavy (non-hydrogen) atoms. The van der Waals surface area contributed by atoms with Crippen LogP contribution in [0, 0.1) is 11.3 Å². The third-order valence-corrected chi connectivity index (χ3v) is 8.57. The van der Waals surface area contributed by atoms with Crippen LogP contribution < -0.4 is 4.90 Å². The van der Waals surface area contributed by atoms with Gasteiger partial charge in [0.15, 0.2) is 0 Å². The number of rotatable bonds is 4. The van der Waals surface area contributed by atoms with E-state index in [9.17, 15) is 5.26 Å². The smallest absolute Gasteiger partial charge is 0.137 e. The Kier molecular flexibility index (Phi) is 4.93. The van der Waals surface area contributed by atoms with Crippen LogP contribution in [0.1, 0.15) is 5.56 Å². The van der Waals surface area contributed by atoms with Crippen molar-refractivity contribution in [3.05, 3.63) is 145 Å². The van der Waals surface area contributed by atoms with Gasteiger partial charge in [0.05, 0.1) is 28.4 Å². The van der Waals surface area contributed by atoms with Crippen molar-refractivity contribution in [2.75, 3.05) is 4.90 Å². The summed E-state index contributed by atoms with van der Waals surface area (Å²) >= 11 is 0. The van der Waals surface area contributed by atoms with E-state index in [0.29, 0.717) is 5.56 Å². The number of nitrogens with zero attached hydrogens (tertiary/aromatic N) is 3. The molecule has 0 saturated heterocycles. The van der Waals surface area contributed by atoms with Gasteiger partial charge in [0, 0.05) is 50.1 Å². The first-order valence-electron chi connectivity index (χ1n) is 14.3. The van der Waals surface area contributed by atoms with E-state index in [4.69, 9.17) is 4.42 Å². The Morgan fingerprint density at radius 1 is 0.558 bits per heavy atom. The normalized spacial score (nSPS) is 11.7. The SMILES string of the molecule is N#Cc1ccc(N(c2ccc3c(c2)oc2ccccc23)c2ccc3c4c2ccc2cccc(c24)n3-c2ccccc2)cc1. The van der Waals surface area contributed by atoms with Gasteiger partial charge in [0.2, 0.25) is 0 Å². The first-order valence-corrected chi connectivity index (χ1v) is 14.3. The Bertz CT molecular complexity index is 2510. The molecule has 0 saturated carbocycles. The highest BCUT2D eigenvalue weighted by atomic mass is 16.3. The van der Waals surface area contributed by atoms with Crippen LogP contribution in [-0.2, 0) is 0 Å². The van der Waals surface area contributed by atoms with Gasteiger partial charge in [-0.05, 0) is 78.2 Å². The molecule has 9 aromatic rings. The summed E-state index contributed by atoms with van der Waals surface area (Å²) in [5.74, 6) is 0. The number of para-hydroxylation sites is 2. The van der Waals surface area contributed by atoms with Crippen molar-refractivity contribution >= 4 is 71.6 Å². The molecule has 0 bridgehead atoms. The molecule has 0 radical (unpaired) electrons. The summed E-state index contributed by atoms with van der Waals surface area (Å²) in [5.41, 5.74) is 8.85. The number of fused-ring (bicyclic) bond motifs is 3. The lowest BCUT2D eigenvalue weighted by atomic mass is 9.99. The Labute approximate surface area is 247 Å². The van der Waals surface area contributed by atoms with E-state index in [1.54, 1.807) is 0 Å². The number of nitriles is 1. The summed E-state index contributed by atoms with van der Waals surface area (Å²) < 4.78 is 8.67. The molecule has 0 fully saturated rings. The summed E-state index contributed by atoms with van der Waals surface area (Å²) in [7, 11) is 0. The summed E-state index contributed by atoms with van der Waals surface area (Å²) in [5, 5.41) is 16.6. The van der Waals surface area contributed by atoms with E-state index < -0.39 is 0 Å². The highest BCUT2D eigenvalue weighted by Gasteiger charge is 2.22. The number of hydrogen-bond acceptors (Lipinski definition) is 3. The third kappa shape index (κ3) is 3.43. The predicted molar refractivity (Wildman–Crippen MR) is 176 cm³/mol. The van der Waals surface area contributed by atoms with E-state index in [0.717, 1.165) is 50.1 Å². The maximum atomic E-state index is 9.51. The first-order chi connectivity index (χ1) is 21.3. The van der Waals surface area contributed by atoms with Crippen molar-refractivity contribution in [1.82, 2.24) is 4.57 Å². The number of hydrogen-bond donors (Lipinski definition) is 0.